The van der Waals surface area contributed by atoms with Gasteiger partial charge in [0.05, 0.1) is 18.3 Å². The lowest BCUT2D eigenvalue weighted by molar-refractivity contribution is -1.11. The number of hydrogen-bond donors (Lipinski definition) is 0. The van der Waals surface area contributed by atoms with E-state index in [1.807, 2.05) is 14.2 Å². The number of piperidine rings is 1. The van der Waals surface area contributed by atoms with Gasteiger partial charge in [-0.05, 0) is 92.7 Å². The zero-order chi connectivity index (χ0) is 34.8. The van der Waals surface area contributed by atoms with Crippen LogP contribution in [0.4, 0.5) is 0 Å². The number of fused-ring (bicyclic) bond motifs is 3. The average Bonchev–Trinajstić information content (AvgIpc) is 3.01. The van der Waals surface area contributed by atoms with Crippen LogP contribution < -0.4 is 0 Å². The van der Waals surface area contributed by atoms with Crippen molar-refractivity contribution in [3.63, 3.8) is 0 Å². The molecule has 0 aromatic rings. The van der Waals surface area contributed by atoms with E-state index in [0.717, 1.165) is 56.6 Å². The summed E-state index contributed by atoms with van der Waals surface area (Å²) in [7, 11) is 1.56. The Bertz CT molecular complexity index is 905. The van der Waals surface area contributed by atoms with Gasteiger partial charge >= 0.3 is 0 Å². The lowest BCUT2D eigenvalue weighted by Gasteiger charge is -2.53. The maximum absolute atomic E-state index is 7.93. The van der Waals surface area contributed by atoms with Gasteiger partial charge in [-0.25, -0.2) is 0 Å². The summed E-state index contributed by atoms with van der Waals surface area (Å²) in [5.74, 6) is 1.53. The Morgan fingerprint density at radius 1 is 0.766 bits per heavy atom. The number of methoxy groups -OCH3 is 2. The molecule has 2 bridgehead atoms. The Balaban J connectivity index is 1.99. The van der Waals surface area contributed by atoms with Crippen molar-refractivity contribution >= 4 is 8.32 Å². The second-order valence-electron chi connectivity index (χ2n) is 17.2. The van der Waals surface area contributed by atoms with E-state index in [9.17, 15) is 0 Å². The normalized spacial score (nSPS) is 36.5. The minimum atomic E-state index is -2.16. The lowest BCUT2D eigenvalue weighted by Crippen LogP contribution is -2.67. The fraction of sp³-hybridized carbons (Fsp3) is 0.950. The van der Waals surface area contributed by atoms with E-state index in [4.69, 9.17) is 23.5 Å². The van der Waals surface area contributed by atoms with Crippen LogP contribution in [0.2, 0.25) is 16.6 Å². The van der Waals surface area contributed by atoms with Gasteiger partial charge in [-0.1, -0.05) is 80.4 Å². The third-order valence-electron chi connectivity index (χ3n) is 12.4. The van der Waals surface area contributed by atoms with Crippen molar-refractivity contribution in [2.45, 2.75) is 187 Å². The third-order valence-corrected chi connectivity index (χ3v) is 18.5. The first-order valence-electron chi connectivity index (χ1n) is 19.8. The molecule has 3 aliphatic heterocycles. The Morgan fingerprint density at radius 2 is 1.40 bits per heavy atom. The van der Waals surface area contributed by atoms with Crippen molar-refractivity contribution in [1.82, 2.24) is 0 Å². The molecule has 47 heavy (non-hydrogen) atoms. The number of hydroxylamine groups is 3. The minimum Gasteiger partial charge on any atom is -0.379 e. The summed E-state index contributed by atoms with van der Waals surface area (Å²) < 4.78 is 34.8. The minimum absolute atomic E-state index is 0.0201. The third kappa shape index (κ3) is 10.9. The van der Waals surface area contributed by atoms with E-state index in [2.05, 4.69) is 75.3 Å². The number of ether oxygens (including phenoxy) is 4. The fourth-order valence-corrected chi connectivity index (χ4v) is 15.4. The van der Waals surface area contributed by atoms with E-state index >= 15 is 0 Å². The zero-order valence-corrected chi connectivity index (χ0v) is 34.0. The zero-order valence-electron chi connectivity index (χ0n) is 33.0. The smallest absolute Gasteiger partial charge is 0.279 e. The van der Waals surface area contributed by atoms with Gasteiger partial charge in [0.1, 0.15) is 31.8 Å². The highest BCUT2D eigenvalue weighted by atomic mass is 28.4. The molecule has 0 saturated carbocycles. The largest absolute Gasteiger partial charge is 0.379 e. The highest BCUT2D eigenvalue weighted by molar-refractivity contribution is 6.77. The summed E-state index contributed by atoms with van der Waals surface area (Å²) in [6.07, 6.45) is 15.3. The average molecular weight is 681 g/mol. The SMILES string of the molecule is COC1CC(C)CC(C)=CCCCCC(C)COCC2CCCC[N+]2(O[Si](C(C)C)(C(C)C)C(C)C)CCC2OC1C(OC)CC2C. The molecule has 6 nitrogen and oxygen atoms in total. The van der Waals surface area contributed by atoms with Crippen LogP contribution in [0, 0.1) is 17.8 Å². The Labute approximate surface area is 292 Å². The molecule has 3 rings (SSSR count). The maximum atomic E-state index is 7.93. The highest BCUT2D eigenvalue weighted by Gasteiger charge is 2.56. The Hall–Kier alpha value is -0.283. The molecule has 3 aliphatic rings. The molecule has 0 spiro atoms. The predicted octanol–water partition coefficient (Wildman–Crippen LogP) is 10.3. The van der Waals surface area contributed by atoms with Crippen molar-refractivity contribution in [3.05, 3.63) is 11.6 Å². The number of nitrogens with zero attached hydrogens (tertiary/aromatic N) is 1. The standard InChI is InChI=1S/C40H78NO5Si/c1-29(2)47(30(3)4,31(5)6)46-41-22-17-16-20-36(41)28-44-27-33(8)19-15-13-14-18-32(7)24-34(9)25-38(42-11)40-39(43-12)26-35(10)37(45-40)21-23-41/h18,29-31,33-40H,13-17,19-28H2,1-12H3/q+1. The maximum Gasteiger partial charge on any atom is 0.279 e. The second kappa shape index (κ2) is 19.4. The van der Waals surface area contributed by atoms with E-state index in [1.165, 1.54) is 50.5 Å². The van der Waals surface area contributed by atoms with Crippen molar-refractivity contribution in [2.24, 2.45) is 17.8 Å². The first-order chi connectivity index (χ1) is 22.3. The quantitative estimate of drug-likeness (QED) is 0.152. The van der Waals surface area contributed by atoms with Gasteiger partial charge in [0.2, 0.25) is 0 Å². The molecule has 0 amide bonds. The topological polar surface area (TPSA) is 46.2 Å². The molecule has 9 unspecified atom stereocenters. The second-order valence-corrected chi connectivity index (χ2v) is 22.5. The van der Waals surface area contributed by atoms with Gasteiger partial charge < -0.3 is 18.9 Å². The van der Waals surface area contributed by atoms with Crippen molar-refractivity contribution in [1.29, 1.82) is 0 Å². The Morgan fingerprint density at radius 3 is 2.04 bits per heavy atom. The molecule has 9 atom stereocenters. The fourth-order valence-electron chi connectivity index (χ4n) is 9.77. The van der Waals surface area contributed by atoms with Crippen molar-refractivity contribution in [2.75, 3.05) is 40.5 Å². The highest BCUT2D eigenvalue weighted by Crippen LogP contribution is 2.46. The summed E-state index contributed by atoms with van der Waals surface area (Å²) in [5, 5.41) is 0. The molecule has 2 saturated heterocycles. The van der Waals surface area contributed by atoms with Crippen LogP contribution >= 0.6 is 0 Å². The summed E-state index contributed by atoms with van der Waals surface area (Å²) in [6.45, 7) is 27.7. The lowest BCUT2D eigenvalue weighted by atomic mass is 9.84. The number of quaternary nitrogens is 1. The summed E-state index contributed by atoms with van der Waals surface area (Å²) >= 11 is 0. The van der Waals surface area contributed by atoms with E-state index < -0.39 is 8.32 Å². The van der Waals surface area contributed by atoms with Gasteiger partial charge in [-0.2, -0.15) is 4.65 Å². The van der Waals surface area contributed by atoms with Gasteiger partial charge in [0, 0.05) is 33.7 Å². The molecule has 3 heterocycles. The molecule has 2 fully saturated rings. The monoisotopic (exact) mass is 681 g/mol. The van der Waals surface area contributed by atoms with Crippen molar-refractivity contribution < 1.29 is 28.1 Å². The van der Waals surface area contributed by atoms with E-state index in [1.54, 1.807) is 0 Å². The van der Waals surface area contributed by atoms with Gasteiger partial charge in [0.15, 0.2) is 0 Å². The molecule has 7 heteroatoms. The van der Waals surface area contributed by atoms with Gasteiger partial charge in [-0.15, -0.1) is 0 Å². The van der Waals surface area contributed by atoms with Crippen molar-refractivity contribution in [3.8, 4) is 0 Å². The van der Waals surface area contributed by atoms with Crippen LogP contribution in [-0.4, -0.2) is 83.9 Å². The van der Waals surface area contributed by atoms with Crippen LogP contribution in [0.3, 0.4) is 0 Å². The molecule has 0 radical (unpaired) electrons. The van der Waals surface area contributed by atoms with Gasteiger partial charge in [0.25, 0.3) is 8.32 Å². The summed E-state index contributed by atoms with van der Waals surface area (Å²) in [6, 6.07) is 0.371. The van der Waals surface area contributed by atoms with E-state index in [-0.39, 0.29) is 24.4 Å². The van der Waals surface area contributed by atoms with E-state index in [0.29, 0.717) is 40.4 Å². The molecular formula is C40H78NO5Si+. The van der Waals surface area contributed by atoms with Crippen LogP contribution in [0.5, 0.6) is 0 Å². The first kappa shape index (κ1) is 41.1. The molecule has 0 aromatic carbocycles. The summed E-state index contributed by atoms with van der Waals surface area (Å²) in [4.78, 5) is 0. The molecule has 0 aromatic heterocycles. The molecule has 276 valence electrons. The first-order valence-corrected chi connectivity index (χ1v) is 21.9. The number of allylic oxidation sites excluding steroid dienone is 2. The van der Waals surface area contributed by atoms with Crippen LogP contribution in [0.25, 0.3) is 0 Å². The van der Waals surface area contributed by atoms with Crippen LogP contribution in [0.1, 0.15) is 140 Å². The van der Waals surface area contributed by atoms with Crippen LogP contribution in [-0.2, 0) is 23.5 Å². The molecule has 0 N–H and O–H groups in total. The summed E-state index contributed by atoms with van der Waals surface area (Å²) in [5.41, 5.74) is 3.14. The van der Waals surface area contributed by atoms with Gasteiger partial charge in [-0.3, -0.25) is 4.53 Å². The predicted molar refractivity (Wildman–Crippen MR) is 199 cm³/mol. The Kier molecular flexibility index (Phi) is 16.9. The van der Waals surface area contributed by atoms with Crippen LogP contribution in [0.15, 0.2) is 11.6 Å². The number of rotatable bonds is 7. The molecular weight excluding hydrogens is 603 g/mol. The number of hydrogen-bond acceptors (Lipinski definition) is 5. The molecule has 0 aliphatic carbocycles.